The smallest absolute Gasteiger partial charge is 0.266 e. The molecule has 0 aliphatic carbocycles. The van der Waals surface area contributed by atoms with Crippen molar-refractivity contribution in [3.05, 3.63) is 27.6 Å². The highest BCUT2D eigenvalue weighted by Crippen LogP contribution is 2.25. The molecule has 3 N–H and O–H groups in total. The van der Waals surface area contributed by atoms with E-state index >= 15 is 0 Å². The van der Waals surface area contributed by atoms with Crippen LogP contribution in [0.15, 0.2) is 22.0 Å². The molecular formula is C11H15ClN2O5S. The summed E-state index contributed by atoms with van der Waals surface area (Å²) in [5, 5.41) is 10.0. The normalized spacial score (nSPS) is 26.9. The minimum atomic E-state index is -3.87. The second-order valence-electron chi connectivity index (χ2n) is 4.70. The number of hydrogen-bond donors (Lipinski definition) is 3. The molecule has 2 heterocycles. The Bertz CT molecular complexity index is 659. The molecule has 0 aromatic carbocycles. The zero-order valence-corrected chi connectivity index (χ0v) is 12.3. The van der Waals surface area contributed by atoms with Crippen molar-refractivity contribution in [2.45, 2.75) is 29.9 Å². The Kier molecular flexibility index (Phi) is 4.22. The minimum absolute atomic E-state index is 0.169. The zero-order chi connectivity index (χ0) is 15.0. The third-order valence-electron chi connectivity index (χ3n) is 3.37. The standard InChI is InChI=1S/C11H15ClN2O5S/c1-7-11(16,2-3-19-7)6-14-20(17,18)8-4-9(12)10(15)13-5-8/h4-5,7,14,16H,2-3,6H2,1H3,(H,13,15). The highest BCUT2D eigenvalue weighted by atomic mass is 35.5. The number of ether oxygens (including phenoxy) is 1. The number of hydrogen-bond acceptors (Lipinski definition) is 5. The molecule has 1 aliphatic rings. The molecule has 1 aliphatic heterocycles. The summed E-state index contributed by atoms with van der Waals surface area (Å²) in [7, 11) is -3.87. The van der Waals surface area contributed by atoms with Gasteiger partial charge >= 0.3 is 0 Å². The lowest BCUT2D eigenvalue weighted by atomic mass is 9.97. The number of rotatable bonds is 4. The van der Waals surface area contributed by atoms with Crippen molar-refractivity contribution in [2.75, 3.05) is 13.2 Å². The maximum absolute atomic E-state index is 12.1. The Morgan fingerprint density at radius 3 is 2.90 bits per heavy atom. The Balaban J connectivity index is 2.15. The van der Waals surface area contributed by atoms with E-state index in [1.165, 1.54) is 0 Å². The molecule has 0 saturated carbocycles. The summed E-state index contributed by atoms with van der Waals surface area (Å²) >= 11 is 5.59. The molecule has 20 heavy (non-hydrogen) atoms. The van der Waals surface area contributed by atoms with E-state index in [4.69, 9.17) is 16.3 Å². The quantitative estimate of drug-likeness (QED) is 0.714. The van der Waals surface area contributed by atoms with Gasteiger partial charge in [0.25, 0.3) is 5.56 Å². The van der Waals surface area contributed by atoms with Crippen molar-refractivity contribution in [1.82, 2.24) is 9.71 Å². The van der Waals surface area contributed by atoms with Crippen LogP contribution in [0.5, 0.6) is 0 Å². The van der Waals surface area contributed by atoms with Crippen molar-refractivity contribution in [3.63, 3.8) is 0 Å². The maximum atomic E-state index is 12.1. The summed E-state index contributed by atoms with van der Waals surface area (Å²) in [5.41, 5.74) is -1.80. The van der Waals surface area contributed by atoms with Gasteiger partial charge in [-0.2, -0.15) is 0 Å². The van der Waals surface area contributed by atoms with E-state index in [0.29, 0.717) is 13.0 Å². The Hall–Kier alpha value is -0.930. The number of H-pyrrole nitrogens is 1. The van der Waals surface area contributed by atoms with Crippen molar-refractivity contribution < 1.29 is 18.3 Å². The van der Waals surface area contributed by atoms with Crippen LogP contribution in [0, 0.1) is 0 Å². The molecule has 2 atom stereocenters. The monoisotopic (exact) mass is 322 g/mol. The molecule has 0 bridgehead atoms. The van der Waals surface area contributed by atoms with Crippen LogP contribution in [0.25, 0.3) is 0 Å². The Morgan fingerprint density at radius 2 is 2.35 bits per heavy atom. The van der Waals surface area contributed by atoms with Crippen LogP contribution >= 0.6 is 11.6 Å². The fourth-order valence-electron chi connectivity index (χ4n) is 1.90. The third-order valence-corrected chi connectivity index (χ3v) is 5.03. The summed E-state index contributed by atoms with van der Waals surface area (Å²) in [6.45, 7) is 1.88. The van der Waals surface area contributed by atoms with Crippen LogP contribution in [0.1, 0.15) is 13.3 Å². The fraction of sp³-hybridized carbons (Fsp3) is 0.545. The summed E-state index contributed by atoms with van der Waals surface area (Å²) < 4.78 is 31.6. The Morgan fingerprint density at radius 1 is 1.65 bits per heavy atom. The predicted octanol–water partition coefficient (Wildman–Crippen LogP) is -0.154. The van der Waals surface area contributed by atoms with Gasteiger partial charge in [0, 0.05) is 25.8 Å². The summed E-state index contributed by atoms with van der Waals surface area (Å²) in [6.07, 6.45) is 0.947. The molecule has 7 nitrogen and oxygen atoms in total. The number of aromatic nitrogens is 1. The van der Waals surface area contributed by atoms with Gasteiger partial charge in [0.2, 0.25) is 10.0 Å². The topological polar surface area (TPSA) is 108 Å². The number of aliphatic hydroxyl groups is 1. The molecule has 1 aromatic rings. The first-order valence-electron chi connectivity index (χ1n) is 5.96. The fourth-order valence-corrected chi connectivity index (χ4v) is 3.23. The van der Waals surface area contributed by atoms with E-state index in [9.17, 15) is 18.3 Å². The van der Waals surface area contributed by atoms with Crippen LogP contribution in [-0.4, -0.2) is 43.4 Å². The van der Waals surface area contributed by atoms with Crippen LogP contribution in [0.4, 0.5) is 0 Å². The molecule has 112 valence electrons. The van der Waals surface area contributed by atoms with E-state index in [2.05, 4.69) is 9.71 Å². The molecule has 0 radical (unpaired) electrons. The average Bonchev–Trinajstić information content (AvgIpc) is 2.71. The number of pyridine rings is 1. The van der Waals surface area contributed by atoms with Gasteiger partial charge in [-0.3, -0.25) is 4.79 Å². The lowest BCUT2D eigenvalue weighted by molar-refractivity contribution is -0.0228. The number of sulfonamides is 1. The van der Waals surface area contributed by atoms with Gasteiger partial charge in [-0.15, -0.1) is 0 Å². The molecular weight excluding hydrogens is 308 g/mol. The summed E-state index contributed by atoms with van der Waals surface area (Å²) in [6, 6.07) is 1.06. The molecule has 9 heteroatoms. The molecule has 1 saturated heterocycles. The first kappa shape index (κ1) is 15.5. The van der Waals surface area contributed by atoms with Gasteiger partial charge in [-0.1, -0.05) is 11.6 Å². The largest absolute Gasteiger partial charge is 0.386 e. The number of aromatic amines is 1. The second-order valence-corrected chi connectivity index (χ2v) is 6.88. The van der Waals surface area contributed by atoms with Gasteiger partial charge in [-0.05, 0) is 13.0 Å². The lowest BCUT2D eigenvalue weighted by Gasteiger charge is -2.26. The van der Waals surface area contributed by atoms with Crippen molar-refractivity contribution >= 4 is 21.6 Å². The second kappa shape index (κ2) is 5.45. The average molecular weight is 323 g/mol. The van der Waals surface area contributed by atoms with Crippen LogP contribution < -0.4 is 10.3 Å². The number of nitrogens with one attached hydrogen (secondary N) is 2. The lowest BCUT2D eigenvalue weighted by Crippen LogP contribution is -2.47. The first-order valence-corrected chi connectivity index (χ1v) is 7.83. The Labute approximate surface area is 121 Å². The SMILES string of the molecule is CC1OCCC1(O)CNS(=O)(=O)c1c[nH]c(=O)c(Cl)c1. The zero-order valence-electron chi connectivity index (χ0n) is 10.7. The molecule has 1 fully saturated rings. The molecule has 0 spiro atoms. The van der Waals surface area contributed by atoms with E-state index in [-0.39, 0.29) is 16.5 Å². The number of halogens is 1. The molecule has 2 rings (SSSR count). The highest BCUT2D eigenvalue weighted by Gasteiger charge is 2.40. The van der Waals surface area contributed by atoms with Gasteiger partial charge in [0.15, 0.2) is 0 Å². The highest BCUT2D eigenvalue weighted by molar-refractivity contribution is 7.89. The van der Waals surface area contributed by atoms with Gasteiger partial charge in [0.05, 0.1) is 11.0 Å². The third kappa shape index (κ3) is 3.04. The van der Waals surface area contributed by atoms with Gasteiger partial charge in [-0.25, -0.2) is 13.1 Å². The molecule has 2 unspecified atom stereocenters. The van der Waals surface area contributed by atoms with Crippen molar-refractivity contribution in [3.8, 4) is 0 Å². The van der Waals surface area contributed by atoms with Crippen LogP contribution in [-0.2, 0) is 14.8 Å². The van der Waals surface area contributed by atoms with E-state index in [0.717, 1.165) is 12.3 Å². The first-order chi connectivity index (χ1) is 9.24. The van der Waals surface area contributed by atoms with Crippen LogP contribution in [0.3, 0.4) is 0 Å². The van der Waals surface area contributed by atoms with Crippen LogP contribution in [0.2, 0.25) is 5.02 Å². The summed E-state index contributed by atoms with van der Waals surface area (Å²) in [4.78, 5) is 13.2. The maximum Gasteiger partial charge on any atom is 0.266 e. The van der Waals surface area contributed by atoms with Gasteiger partial charge in [0.1, 0.15) is 10.6 Å². The molecule has 0 amide bonds. The minimum Gasteiger partial charge on any atom is -0.386 e. The van der Waals surface area contributed by atoms with E-state index in [1.54, 1.807) is 6.92 Å². The molecule has 1 aromatic heterocycles. The van der Waals surface area contributed by atoms with E-state index < -0.39 is 27.3 Å². The van der Waals surface area contributed by atoms with Crippen molar-refractivity contribution in [1.29, 1.82) is 0 Å². The van der Waals surface area contributed by atoms with E-state index in [1.807, 2.05) is 0 Å². The van der Waals surface area contributed by atoms with Crippen molar-refractivity contribution in [2.24, 2.45) is 0 Å². The summed E-state index contributed by atoms with van der Waals surface area (Å²) in [5.74, 6) is 0. The predicted molar refractivity (Wildman–Crippen MR) is 72.2 cm³/mol. The van der Waals surface area contributed by atoms with Gasteiger partial charge < -0.3 is 14.8 Å².